The van der Waals surface area contributed by atoms with E-state index in [4.69, 9.17) is 9.47 Å². The maximum atomic E-state index is 14.0. The average Bonchev–Trinajstić information content (AvgIpc) is 2.29. The molecule has 0 bridgehead atoms. The number of halogens is 3. The van der Waals surface area contributed by atoms with Crippen LogP contribution in [-0.2, 0) is 15.4 Å². The molecule has 1 aromatic rings. The van der Waals surface area contributed by atoms with Crippen LogP contribution in [0.4, 0.5) is 13.2 Å². The van der Waals surface area contributed by atoms with Crippen LogP contribution in [0.25, 0.3) is 0 Å². The Hall–Kier alpha value is -1.07. The molecule has 0 unspecified atom stereocenters. The van der Waals surface area contributed by atoms with Gasteiger partial charge in [0.05, 0.1) is 0 Å². The molecule has 0 aliphatic heterocycles. The van der Waals surface area contributed by atoms with Crippen LogP contribution in [0.1, 0.15) is 19.4 Å². The molecule has 0 aromatic heterocycles. The topological polar surface area (TPSA) is 18.5 Å². The monoisotopic (exact) mass is 248 g/mol. The van der Waals surface area contributed by atoms with E-state index in [-0.39, 0.29) is 18.8 Å². The van der Waals surface area contributed by atoms with E-state index >= 15 is 0 Å². The highest BCUT2D eigenvalue weighted by atomic mass is 19.3. The van der Waals surface area contributed by atoms with Crippen molar-refractivity contribution in [2.24, 2.45) is 0 Å². The summed E-state index contributed by atoms with van der Waals surface area (Å²) in [5.41, 5.74) is -0.328. The summed E-state index contributed by atoms with van der Waals surface area (Å²) in [6.07, 6.45) is -1.65. The molecular weight excluding hydrogens is 233 g/mol. The van der Waals surface area contributed by atoms with Crippen molar-refractivity contribution in [3.8, 4) is 0 Å². The third kappa shape index (κ3) is 3.44. The summed E-state index contributed by atoms with van der Waals surface area (Å²) in [4.78, 5) is 0. The molecule has 0 radical (unpaired) electrons. The Kier molecular flexibility index (Phi) is 4.96. The zero-order valence-electron chi connectivity index (χ0n) is 9.75. The number of ether oxygens (including phenoxy) is 2. The van der Waals surface area contributed by atoms with Gasteiger partial charge in [-0.05, 0) is 38.1 Å². The van der Waals surface area contributed by atoms with Crippen LogP contribution in [0.3, 0.4) is 0 Å². The first-order chi connectivity index (χ1) is 8.02. The summed E-state index contributed by atoms with van der Waals surface area (Å²) >= 11 is 0. The first-order valence-corrected chi connectivity index (χ1v) is 5.39. The predicted molar refractivity (Wildman–Crippen MR) is 57.3 cm³/mol. The molecule has 0 spiro atoms. The van der Waals surface area contributed by atoms with Gasteiger partial charge in [0.25, 0.3) is 0 Å². The fourth-order valence-electron chi connectivity index (χ4n) is 1.37. The minimum Gasteiger partial charge on any atom is -0.347 e. The zero-order valence-corrected chi connectivity index (χ0v) is 9.75. The van der Waals surface area contributed by atoms with Crippen molar-refractivity contribution in [2.75, 3.05) is 13.2 Å². The lowest BCUT2D eigenvalue weighted by atomic mass is 10.1. The normalized spacial score (nSPS) is 12.1. The van der Waals surface area contributed by atoms with Crippen molar-refractivity contribution < 1.29 is 22.6 Å². The molecule has 5 heteroatoms. The molecule has 0 heterocycles. The summed E-state index contributed by atoms with van der Waals surface area (Å²) in [7, 11) is 0. The Morgan fingerprint density at radius 2 is 1.53 bits per heavy atom. The van der Waals surface area contributed by atoms with E-state index < -0.39 is 18.0 Å². The van der Waals surface area contributed by atoms with Crippen LogP contribution < -0.4 is 0 Å². The molecule has 1 aromatic carbocycles. The van der Waals surface area contributed by atoms with Crippen molar-refractivity contribution in [2.45, 2.75) is 26.1 Å². The Balaban J connectivity index is 2.93. The molecular formula is C12H15F3O2. The fraction of sp³-hybridized carbons (Fsp3) is 0.500. The maximum absolute atomic E-state index is 14.0. The Labute approximate surface area is 98.3 Å². The van der Waals surface area contributed by atoms with Crippen molar-refractivity contribution in [3.05, 3.63) is 35.6 Å². The van der Waals surface area contributed by atoms with Gasteiger partial charge in [-0.15, -0.1) is 0 Å². The quantitative estimate of drug-likeness (QED) is 0.719. The number of rotatable bonds is 6. The SMILES string of the molecule is CCOC(OCC)C(F)(F)c1ccc(F)cc1. The van der Waals surface area contributed by atoms with E-state index in [0.717, 1.165) is 24.3 Å². The first kappa shape index (κ1) is 14.0. The van der Waals surface area contributed by atoms with E-state index in [1.807, 2.05) is 0 Å². The molecule has 0 fully saturated rings. The second-order valence-electron chi connectivity index (χ2n) is 3.37. The van der Waals surface area contributed by atoms with Gasteiger partial charge in [-0.3, -0.25) is 0 Å². The Morgan fingerprint density at radius 3 is 1.94 bits per heavy atom. The van der Waals surface area contributed by atoms with Crippen LogP contribution in [0.2, 0.25) is 0 Å². The van der Waals surface area contributed by atoms with Crippen molar-refractivity contribution in [3.63, 3.8) is 0 Å². The van der Waals surface area contributed by atoms with E-state index in [9.17, 15) is 13.2 Å². The summed E-state index contributed by atoms with van der Waals surface area (Å²) in [6, 6.07) is 4.02. The average molecular weight is 248 g/mol. The lowest BCUT2D eigenvalue weighted by Gasteiger charge is -2.26. The van der Waals surface area contributed by atoms with Crippen molar-refractivity contribution >= 4 is 0 Å². The molecule has 0 saturated heterocycles. The smallest absolute Gasteiger partial charge is 0.323 e. The second kappa shape index (κ2) is 6.02. The van der Waals surface area contributed by atoms with E-state index in [1.54, 1.807) is 13.8 Å². The summed E-state index contributed by atoms with van der Waals surface area (Å²) in [5, 5.41) is 0. The van der Waals surface area contributed by atoms with Gasteiger partial charge in [0.2, 0.25) is 6.29 Å². The zero-order chi connectivity index (χ0) is 12.9. The van der Waals surface area contributed by atoms with E-state index in [0.29, 0.717) is 0 Å². The maximum Gasteiger partial charge on any atom is 0.323 e. The van der Waals surface area contributed by atoms with Gasteiger partial charge in [-0.25, -0.2) is 4.39 Å². The summed E-state index contributed by atoms with van der Waals surface area (Å²) in [6.45, 7) is 3.43. The molecule has 0 aliphatic rings. The summed E-state index contributed by atoms with van der Waals surface area (Å²) in [5.74, 6) is -3.87. The highest BCUT2D eigenvalue weighted by molar-refractivity contribution is 5.21. The molecule has 1 rings (SSSR count). The van der Waals surface area contributed by atoms with Crippen molar-refractivity contribution in [1.82, 2.24) is 0 Å². The minimum atomic E-state index is -3.31. The molecule has 0 aliphatic carbocycles. The third-order valence-corrected chi connectivity index (χ3v) is 2.16. The molecule has 96 valence electrons. The van der Waals surface area contributed by atoms with Gasteiger partial charge in [-0.1, -0.05) is 0 Å². The highest BCUT2D eigenvalue weighted by Gasteiger charge is 2.43. The minimum absolute atomic E-state index is 0.113. The third-order valence-electron chi connectivity index (χ3n) is 2.16. The van der Waals surface area contributed by atoms with Crippen molar-refractivity contribution in [1.29, 1.82) is 0 Å². The fourth-order valence-corrected chi connectivity index (χ4v) is 1.37. The number of alkyl halides is 2. The van der Waals surface area contributed by atoms with Crippen LogP contribution in [-0.4, -0.2) is 19.5 Å². The number of benzene rings is 1. The number of hydrogen-bond acceptors (Lipinski definition) is 2. The molecule has 17 heavy (non-hydrogen) atoms. The van der Waals surface area contributed by atoms with E-state index in [2.05, 4.69) is 0 Å². The predicted octanol–water partition coefficient (Wildman–Crippen LogP) is 3.32. The Bertz CT molecular complexity index is 332. The van der Waals surface area contributed by atoms with Crippen LogP contribution in [0.15, 0.2) is 24.3 Å². The summed E-state index contributed by atoms with van der Waals surface area (Å²) < 4.78 is 50.3. The van der Waals surface area contributed by atoms with Crippen LogP contribution >= 0.6 is 0 Å². The standard InChI is InChI=1S/C12H15F3O2/c1-3-16-11(17-4-2)12(14,15)9-5-7-10(13)8-6-9/h5-8,11H,3-4H2,1-2H3. The van der Waals surface area contributed by atoms with E-state index in [1.165, 1.54) is 0 Å². The van der Waals surface area contributed by atoms with Gasteiger partial charge in [0.15, 0.2) is 0 Å². The highest BCUT2D eigenvalue weighted by Crippen LogP contribution is 2.34. The van der Waals surface area contributed by atoms with Gasteiger partial charge in [0.1, 0.15) is 5.82 Å². The molecule has 0 N–H and O–H groups in total. The van der Waals surface area contributed by atoms with Gasteiger partial charge >= 0.3 is 5.92 Å². The van der Waals surface area contributed by atoms with Gasteiger partial charge in [-0.2, -0.15) is 8.78 Å². The molecule has 0 saturated carbocycles. The van der Waals surface area contributed by atoms with Crippen LogP contribution in [0, 0.1) is 5.82 Å². The van der Waals surface area contributed by atoms with Gasteiger partial charge < -0.3 is 9.47 Å². The van der Waals surface area contributed by atoms with Crippen LogP contribution in [0.5, 0.6) is 0 Å². The lowest BCUT2D eigenvalue weighted by Crippen LogP contribution is -2.36. The molecule has 0 amide bonds. The number of hydrogen-bond donors (Lipinski definition) is 0. The first-order valence-electron chi connectivity index (χ1n) is 5.39. The molecule has 0 atom stereocenters. The van der Waals surface area contributed by atoms with Gasteiger partial charge in [0, 0.05) is 18.8 Å². The largest absolute Gasteiger partial charge is 0.347 e. The Morgan fingerprint density at radius 1 is 1.06 bits per heavy atom. The second-order valence-corrected chi connectivity index (χ2v) is 3.37. The molecule has 2 nitrogen and oxygen atoms in total. The lowest BCUT2D eigenvalue weighted by molar-refractivity contribution is -0.260.